The molecule has 0 bridgehead atoms. The summed E-state index contributed by atoms with van der Waals surface area (Å²) in [4.78, 5) is 12.3. The number of hydrogen-bond donors (Lipinski definition) is 1. The molecule has 0 spiro atoms. The van der Waals surface area contributed by atoms with E-state index in [-0.39, 0.29) is 22.8 Å². The topological polar surface area (TPSA) is 116 Å². The summed E-state index contributed by atoms with van der Waals surface area (Å²) in [5.74, 6) is -1.71. The maximum absolute atomic E-state index is 14.3. The van der Waals surface area contributed by atoms with E-state index in [0.29, 0.717) is 11.5 Å². The van der Waals surface area contributed by atoms with Crippen LogP contribution in [0.2, 0.25) is 0 Å². The molecule has 1 amide bonds. The summed E-state index contributed by atoms with van der Waals surface area (Å²) in [5.41, 5.74) is -0.195. The summed E-state index contributed by atoms with van der Waals surface area (Å²) in [5, 5.41) is 1.37. The molecule has 162 valence electrons. The monoisotopic (exact) mass is 457 g/mol. The quantitative estimate of drug-likeness (QED) is 0.660. The second kappa shape index (κ2) is 8.23. The van der Waals surface area contributed by atoms with Crippen molar-refractivity contribution in [1.82, 2.24) is 0 Å². The maximum Gasteiger partial charge on any atom is 0.258 e. The minimum atomic E-state index is -4.04. The second-order valence-electron chi connectivity index (χ2n) is 6.74. The first-order valence-electron chi connectivity index (χ1n) is 8.84. The molecule has 2 aromatic carbocycles. The molecule has 1 heterocycles. The average molecular weight is 458 g/mol. The normalized spacial score (nSPS) is 18.0. The van der Waals surface area contributed by atoms with Gasteiger partial charge in [0.1, 0.15) is 5.82 Å². The van der Waals surface area contributed by atoms with Gasteiger partial charge in [-0.05, 0) is 36.8 Å². The number of sulfone groups is 2. The fourth-order valence-corrected chi connectivity index (χ4v) is 7.55. The number of carbonyl (C=O) groups excluding carboxylic acids is 1. The molecule has 0 aromatic heterocycles. The largest absolute Gasteiger partial charge is 0.493 e. The highest BCUT2D eigenvalue weighted by Gasteiger charge is 2.38. The van der Waals surface area contributed by atoms with Crippen LogP contribution in [-0.2, 0) is 19.7 Å². The summed E-state index contributed by atoms with van der Waals surface area (Å²) < 4.78 is 73.4. The Morgan fingerprint density at radius 2 is 1.80 bits per heavy atom. The average Bonchev–Trinajstić information content (AvgIpc) is 3.08. The summed E-state index contributed by atoms with van der Waals surface area (Å²) >= 11 is 0. The fourth-order valence-electron chi connectivity index (χ4n) is 3.17. The van der Waals surface area contributed by atoms with Gasteiger partial charge in [-0.15, -0.1) is 0 Å². The molecule has 8 nitrogen and oxygen atoms in total. The molecule has 1 saturated heterocycles. The molecule has 1 fully saturated rings. The zero-order chi connectivity index (χ0) is 22.1. The molecular weight excluding hydrogens is 437 g/mol. The van der Waals surface area contributed by atoms with E-state index in [1.807, 2.05) is 0 Å². The first-order valence-corrected chi connectivity index (χ1v) is 12.2. The first kappa shape index (κ1) is 22.0. The minimum absolute atomic E-state index is 0.0325. The number of rotatable bonds is 6. The van der Waals surface area contributed by atoms with Crippen molar-refractivity contribution in [3.05, 3.63) is 47.8 Å². The van der Waals surface area contributed by atoms with Gasteiger partial charge in [-0.25, -0.2) is 21.2 Å². The molecule has 1 aliphatic rings. The van der Waals surface area contributed by atoms with Crippen LogP contribution in [-0.4, -0.2) is 53.7 Å². The molecule has 1 aliphatic heterocycles. The Bertz CT molecular complexity index is 1190. The zero-order valence-corrected chi connectivity index (χ0v) is 17.8. The number of nitrogens with one attached hydrogen (secondary N) is 1. The van der Waals surface area contributed by atoms with E-state index in [0.717, 1.165) is 18.2 Å². The zero-order valence-electron chi connectivity index (χ0n) is 16.2. The number of halogens is 1. The highest BCUT2D eigenvalue weighted by molar-refractivity contribution is 7.96. The van der Waals surface area contributed by atoms with Crippen molar-refractivity contribution >= 4 is 31.3 Å². The van der Waals surface area contributed by atoms with Crippen LogP contribution in [0, 0.1) is 5.82 Å². The van der Waals surface area contributed by atoms with Crippen LogP contribution in [0.25, 0.3) is 0 Å². The molecule has 2 aromatic rings. The molecule has 3 rings (SSSR count). The van der Waals surface area contributed by atoms with E-state index < -0.39 is 48.0 Å². The number of benzene rings is 2. The van der Waals surface area contributed by atoms with Crippen LogP contribution in [0.3, 0.4) is 0 Å². The molecular formula is C19H20FNO7S2. The van der Waals surface area contributed by atoms with Crippen molar-refractivity contribution in [2.75, 3.05) is 31.0 Å². The second-order valence-corrected chi connectivity index (χ2v) is 11.2. The number of amides is 1. The van der Waals surface area contributed by atoms with E-state index in [4.69, 9.17) is 9.47 Å². The van der Waals surface area contributed by atoms with Gasteiger partial charge in [0.15, 0.2) is 31.2 Å². The van der Waals surface area contributed by atoms with E-state index in [1.54, 1.807) is 6.07 Å². The molecule has 11 heteroatoms. The summed E-state index contributed by atoms with van der Waals surface area (Å²) in [6.07, 6.45) is -0.0325. The van der Waals surface area contributed by atoms with E-state index in [2.05, 4.69) is 5.32 Å². The standard InChI is InChI=1S/C19H20FNO7S2/c1-27-17-6-3-12(9-18(17)28-2)21-19(22)15-10-13(4-5-16(15)20)30(25,26)14-7-8-29(23,24)11-14/h3-6,9-10,14H,7-8,11H2,1-2H3,(H,21,22)/t14-/m0/s1. The van der Waals surface area contributed by atoms with Crippen molar-refractivity contribution in [1.29, 1.82) is 0 Å². The van der Waals surface area contributed by atoms with Crippen molar-refractivity contribution < 1.29 is 35.5 Å². The van der Waals surface area contributed by atoms with Crippen molar-refractivity contribution in [2.24, 2.45) is 0 Å². The predicted octanol–water partition coefficient (Wildman–Crippen LogP) is 2.06. The van der Waals surface area contributed by atoms with Crippen LogP contribution in [0.15, 0.2) is 41.3 Å². The number of ether oxygens (including phenoxy) is 2. The van der Waals surface area contributed by atoms with Crippen molar-refractivity contribution in [2.45, 2.75) is 16.6 Å². The van der Waals surface area contributed by atoms with Crippen LogP contribution in [0.5, 0.6) is 11.5 Å². The van der Waals surface area contributed by atoms with Crippen LogP contribution >= 0.6 is 0 Å². The first-order chi connectivity index (χ1) is 14.1. The molecule has 1 N–H and O–H groups in total. The predicted molar refractivity (Wildman–Crippen MR) is 108 cm³/mol. The summed E-state index contributed by atoms with van der Waals surface area (Å²) in [6.45, 7) is 0. The Labute approximate surface area is 173 Å². The smallest absolute Gasteiger partial charge is 0.258 e. The maximum atomic E-state index is 14.3. The van der Waals surface area contributed by atoms with Crippen LogP contribution in [0.4, 0.5) is 10.1 Å². The highest BCUT2D eigenvalue weighted by Crippen LogP contribution is 2.30. The van der Waals surface area contributed by atoms with Crippen LogP contribution in [0.1, 0.15) is 16.8 Å². The number of carbonyl (C=O) groups is 1. The van der Waals surface area contributed by atoms with E-state index in [1.165, 1.54) is 26.4 Å². The highest BCUT2D eigenvalue weighted by atomic mass is 32.2. The Kier molecular flexibility index (Phi) is 6.04. The number of hydrogen-bond acceptors (Lipinski definition) is 7. The Hall–Kier alpha value is -2.66. The lowest BCUT2D eigenvalue weighted by Gasteiger charge is -2.13. The van der Waals surface area contributed by atoms with Gasteiger partial charge in [0.2, 0.25) is 0 Å². The Balaban J connectivity index is 1.89. The van der Waals surface area contributed by atoms with Crippen molar-refractivity contribution in [3.8, 4) is 11.5 Å². The van der Waals surface area contributed by atoms with Gasteiger partial charge in [-0.3, -0.25) is 4.79 Å². The number of anilines is 1. The SMILES string of the molecule is COc1ccc(NC(=O)c2cc(S(=O)(=O)[C@H]3CCS(=O)(=O)C3)ccc2F)cc1OC. The van der Waals surface area contributed by atoms with E-state index in [9.17, 15) is 26.0 Å². The molecule has 0 unspecified atom stereocenters. The molecule has 1 atom stereocenters. The van der Waals surface area contributed by atoms with Crippen LogP contribution < -0.4 is 14.8 Å². The lowest BCUT2D eigenvalue weighted by atomic mass is 10.2. The van der Waals surface area contributed by atoms with Crippen molar-refractivity contribution in [3.63, 3.8) is 0 Å². The molecule has 0 saturated carbocycles. The third kappa shape index (κ3) is 4.41. The fraction of sp³-hybridized carbons (Fsp3) is 0.316. The van der Waals surface area contributed by atoms with E-state index >= 15 is 0 Å². The summed E-state index contributed by atoms with van der Waals surface area (Å²) in [7, 11) is -4.60. The summed E-state index contributed by atoms with van der Waals surface area (Å²) in [6, 6.07) is 7.36. The third-order valence-electron chi connectivity index (χ3n) is 4.78. The number of methoxy groups -OCH3 is 2. The van der Waals surface area contributed by atoms with Gasteiger partial charge in [0, 0.05) is 11.8 Å². The van der Waals surface area contributed by atoms with Gasteiger partial charge in [-0.1, -0.05) is 0 Å². The van der Waals surface area contributed by atoms with Gasteiger partial charge >= 0.3 is 0 Å². The lowest BCUT2D eigenvalue weighted by Crippen LogP contribution is -2.23. The van der Waals surface area contributed by atoms with Gasteiger partial charge < -0.3 is 14.8 Å². The van der Waals surface area contributed by atoms with Gasteiger partial charge in [-0.2, -0.15) is 0 Å². The Morgan fingerprint density at radius 1 is 1.10 bits per heavy atom. The third-order valence-corrected chi connectivity index (χ3v) is 8.95. The minimum Gasteiger partial charge on any atom is -0.493 e. The lowest BCUT2D eigenvalue weighted by molar-refractivity contribution is 0.102. The molecule has 0 aliphatic carbocycles. The van der Waals surface area contributed by atoms with Gasteiger partial charge in [0.05, 0.1) is 41.4 Å². The molecule has 0 radical (unpaired) electrons. The molecule has 30 heavy (non-hydrogen) atoms. The van der Waals surface area contributed by atoms with Gasteiger partial charge in [0.25, 0.3) is 5.91 Å². The Morgan fingerprint density at radius 3 is 2.40 bits per heavy atom.